The van der Waals surface area contributed by atoms with Gasteiger partial charge in [-0.3, -0.25) is 0 Å². The number of hydrogen-bond acceptors (Lipinski definition) is 4. The number of benzene rings is 6. The Morgan fingerprint density at radius 2 is 1.17 bits per heavy atom. The van der Waals surface area contributed by atoms with Gasteiger partial charge in [0.15, 0.2) is 0 Å². The van der Waals surface area contributed by atoms with Gasteiger partial charge in [0.25, 0.3) is 0 Å². The third-order valence-electron chi connectivity index (χ3n) is 14.3. The summed E-state index contributed by atoms with van der Waals surface area (Å²) in [5.41, 5.74) is 15.0. The zero-order valence-electron chi connectivity index (χ0n) is 44.5. The van der Waals surface area contributed by atoms with Crippen LogP contribution in [0.5, 0.6) is 11.5 Å². The van der Waals surface area contributed by atoms with Crippen LogP contribution in [0.2, 0.25) is 0 Å². The minimum absolute atomic E-state index is 0. The van der Waals surface area contributed by atoms with E-state index < -0.39 is 0 Å². The van der Waals surface area contributed by atoms with Crippen LogP contribution in [-0.4, -0.2) is 9.55 Å². The molecule has 5 nitrogen and oxygen atoms in total. The fourth-order valence-electron chi connectivity index (χ4n) is 9.79. The molecule has 8 aromatic rings. The fraction of sp³-hybridized carbons (Fsp3) is 0.323. The summed E-state index contributed by atoms with van der Waals surface area (Å²) < 4.78 is 9.30. The molecule has 0 saturated carbocycles. The second-order valence-electron chi connectivity index (χ2n) is 23.6. The van der Waals surface area contributed by atoms with Crippen molar-refractivity contribution in [3.05, 3.63) is 198 Å². The molecule has 1 aliphatic rings. The second kappa shape index (κ2) is 19.3. The molecule has 2 aromatic heterocycles. The first-order chi connectivity index (χ1) is 33.0. The predicted octanol–water partition coefficient (Wildman–Crippen LogP) is 17.6. The maximum Gasteiger partial charge on any atom is 0.135 e. The van der Waals surface area contributed by atoms with Gasteiger partial charge in [-0.05, 0) is 121 Å². The molecule has 0 radical (unpaired) electrons. The first-order valence-corrected chi connectivity index (χ1v) is 25.2. The number of hydrogen-bond donors (Lipinski definition) is 0. The van der Waals surface area contributed by atoms with Gasteiger partial charge < -0.3 is 19.1 Å². The van der Waals surface area contributed by atoms with Crippen molar-refractivity contribution in [1.29, 1.82) is 0 Å². The smallest absolute Gasteiger partial charge is 0.135 e. The molecule has 3 heterocycles. The molecule has 6 heteroatoms. The third kappa shape index (κ3) is 10.3. The SMILES string of the molecule is CC(C)c1cccc(C(C)C)c1-c1cc(Oc2[c-]c3c(cc2)c2cc(C(C)(C)c4ccccc4)ccc2n3-c2cc(C(C)(C)C)ccn2)[c-]c(N2C=CN(c3cc(C(C)(C)C)cc(C(C)(C)C)c3)[CH-]2)c1.[Pt]. The molecule has 0 fully saturated rings. The zero-order chi connectivity index (χ0) is 50.1. The molecule has 9 rings (SSSR count). The Labute approximate surface area is 439 Å². The molecule has 71 heavy (non-hydrogen) atoms. The average molecular weight is 1120 g/mol. The van der Waals surface area contributed by atoms with Gasteiger partial charge in [-0.2, -0.15) is 6.07 Å². The van der Waals surface area contributed by atoms with Gasteiger partial charge in [-0.15, -0.1) is 53.6 Å². The van der Waals surface area contributed by atoms with Gasteiger partial charge in [-0.1, -0.05) is 176 Å². The van der Waals surface area contributed by atoms with E-state index in [-0.39, 0.29) is 42.7 Å². The number of nitrogens with zero attached hydrogens (tertiary/aromatic N) is 4. The van der Waals surface area contributed by atoms with Crippen molar-refractivity contribution in [2.45, 2.75) is 137 Å². The van der Waals surface area contributed by atoms with E-state index in [0.29, 0.717) is 23.3 Å². The maximum absolute atomic E-state index is 7.04. The van der Waals surface area contributed by atoms with Crippen molar-refractivity contribution in [2.24, 2.45) is 0 Å². The van der Waals surface area contributed by atoms with Gasteiger partial charge in [0, 0.05) is 55.4 Å². The van der Waals surface area contributed by atoms with Crippen LogP contribution in [0.25, 0.3) is 38.8 Å². The predicted molar refractivity (Wildman–Crippen MR) is 296 cm³/mol. The molecule has 0 bridgehead atoms. The largest absolute Gasteiger partial charge is 0.509 e. The van der Waals surface area contributed by atoms with E-state index in [2.05, 4.69) is 271 Å². The van der Waals surface area contributed by atoms with Crippen LogP contribution >= 0.6 is 0 Å². The molecular formula is C65H71N4OPt-3. The maximum atomic E-state index is 7.04. The topological polar surface area (TPSA) is 33.5 Å². The van der Waals surface area contributed by atoms with Crippen molar-refractivity contribution in [3.63, 3.8) is 0 Å². The molecule has 0 aliphatic carbocycles. The van der Waals surface area contributed by atoms with Crippen LogP contribution in [0.15, 0.2) is 140 Å². The quantitative estimate of drug-likeness (QED) is 0.128. The van der Waals surface area contributed by atoms with Crippen LogP contribution in [-0.2, 0) is 42.7 Å². The monoisotopic (exact) mass is 1120 g/mol. The number of aromatic nitrogens is 2. The standard InChI is InChI=1S/C65H71N4O.Pt/c1-42(2)54-22-19-23-55(43(3)4)61(54)44-32-50(67-30-31-68(41-67)51-35-48(63(8,9)10)34-49(36-51)64(11,12)13)39-53(33-44)70-52-25-26-56-57-37-47(65(14,15)45-20-17-16-18-21-45)24-27-58(57)69(59(56)40-52)60-38-46(28-29-66-60)62(5,6)7;/h16-38,41-43H,1-15H3;/q-3;. The number of fused-ring (bicyclic) bond motifs is 3. The summed E-state index contributed by atoms with van der Waals surface area (Å²) in [7, 11) is 0. The summed E-state index contributed by atoms with van der Waals surface area (Å²) >= 11 is 0. The zero-order valence-corrected chi connectivity index (χ0v) is 46.8. The van der Waals surface area contributed by atoms with E-state index >= 15 is 0 Å². The molecule has 6 aromatic carbocycles. The summed E-state index contributed by atoms with van der Waals surface area (Å²) in [4.78, 5) is 9.40. The van der Waals surface area contributed by atoms with Crippen molar-refractivity contribution < 1.29 is 25.8 Å². The van der Waals surface area contributed by atoms with Crippen molar-refractivity contribution in [1.82, 2.24) is 9.55 Å². The van der Waals surface area contributed by atoms with Crippen molar-refractivity contribution in [2.75, 3.05) is 9.80 Å². The van der Waals surface area contributed by atoms with Gasteiger partial charge >= 0.3 is 0 Å². The van der Waals surface area contributed by atoms with Gasteiger partial charge in [-0.25, -0.2) is 4.98 Å². The average Bonchev–Trinajstić information content (AvgIpc) is 3.94. The molecule has 0 saturated heterocycles. The molecule has 0 N–H and O–H groups in total. The number of rotatable bonds is 10. The molecule has 0 amide bonds. The minimum atomic E-state index is -0.214. The Kier molecular flexibility index (Phi) is 14.0. The van der Waals surface area contributed by atoms with Gasteiger partial charge in [0.2, 0.25) is 0 Å². The summed E-state index contributed by atoms with van der Waals surface area (Å²) in [6.45, 7) is 36.4. The normalized spacial score (nSPS) is 13.5. The first-order valence-electron chi connectivity index (χ1n) is 25.2. The van der Waals surface area contributed by atoms with E-state index in [1.807, 2.05) is 6.20 Å². The summed E-state index contributed by atoms with van der Waals surface area (Å²) in [6, 6.07) is 52.0. The summed E-state index contributed by atoms with van der Waals surface area (Å²) in [6.07, 6.45) is 6.20. The molecular weight excluding hydrogens is 1050 g/mol. The van der Waals surface area contributed by atoms with Gasteiger partial charge in [0.05, 0.1) is 0 Å². The Hall–Kier alpha value is -5.90. The second-order valence-corrected chi connectivity index (χ2v) is 23.6. The molecule has 1 aliphatic heterocycles. The van der Waals surface area contributed by atoms with E-state index in [1.165, 1.54) is 44.5 Å². The number of anilines is 2. The summed E-state index contributed by atoms with van der Waals surface area (Å²) in [5.74, 6) is 2.69. The summed E-state index contributed by atoms with van der Waals surface area (Å²) in [5, 5.41) is 2.23. The molecule has 0 atom stereocenters. The molecule has 0 spiro atoms. The van der Waals surface area contributed by atoms with Crippen LogP contribution in [0, 0.1) is 18.8 Å². The Morgan fingerprint density at radius 3 is 1.79 bits per heavy atom. The van der Waals surface area contributed by atoms with Crippen LogP contribution < -0.4 is 14.5 Å². The fourth-order valence-corrected chi connectivity index (χ4v) is 9.79. The van der Waals surface area contributed by atoms with Crippen LogP contribution in [0.3, 0.4) is 0 Å². The van der Waals surface area contributed by atoms with E-state index in [0.717, 1.165) is 44.6 Å². The Balaban J connectivity index is 0.00000676. The van der Waals surface area contributed by atoms with Crippen LogP contribution in [0.1, 0.15) is 155 Å². The Morgan fingerprint density at radius 1 is 0.535 bits per heavy atom. The minimum Gasteiger partial charge on any atom is -0.509 e. The van der Waals surface area contributed by atoms with Crippen LogP contribution in [0.4, 0.5) is 11.4 Å². The number of pyridine rings is 1. The number of ether oxygens (including phenoxy) is 1. The third-order valence-corrected chi connectivity index (χ3v) is 14.3. The van der Waals surface area contributed by atoms with Crippen molar-refractivity contribution in [3.8, 4) is 28.4 Å². The first kappa shape index (κ1) is 51.5. The van der Waals surface area contributed by atoms with E-state index in [1.54, 1.807) is 0 Å². The van der Waals surface area contributed by atoms with E-state index in [9.17, 15) is 0 Å². The molecule has 370 valence electrons. The molecule has 0 unspecified atom stereocenters. The van der Waals surface area contributed by atoms with Crippen molar-refractivity contribution >= 4 is 33.2 Å². The van der Waals surface area contributed by atoms with E-state index in [4.69, 9.17) is 9.72 Å². The van der Waals surface area contributed by atoms with Gasteiger partial charge in [0.1, 0.15) is 5.82 Å². The Bertz CT molecular complexity index is 3200.